The van der Waals surface area contributed by atoms with E-state index in [1.807, 2.05) is 0 Å². The molecule has 0 N–H and O–H groups in total. The van der Waals surface area contributed by atoms with Crippen LogP contribution in [0.1, 0.15) is 12.0 Å². The summed E-state index contributed by atoms with van der Waals surface area (Å²) in [6.45, 7) is 8.48. The molecule has 0 aliphatic carbocycles. The highest BCUT2D eigenvalue weighted by Crippen LogP contribution is 2.02. The highest BCUT2D eigenvalue weighted by atomic mass is 16.5. The van der Waals surface area contributed by atoms with Crippen LogP contribution in [0.15, 0.2) is 18.5 Å². The van der Waals surface area contributed by atoms with Gasteiger partial charge < -0.3 is 9.30 Å². The predicted octanol–water partition coefficient (Wildman–Crippen LogP) is 1.52. The minimum atomic E-state index is 0.905. The standard InChI is InChI=1S/C12H20N2O/c1-12-3-6-14(11-12)5-2-4-13-7-9-15-10-8-13/h3,6,11H,2,4-5,7-10H2,1H3. The molecule has 0 unspecified atom stereocenters. The average molecular weight is 208 g/mol. The van der Waals surface area contributed by atoms with Gasteiger partial charge in [-0.3, -0.25) is 4.90 Å². The van der Waals surface area contributed by atoms with Gasteiger partial charge in [-0.25, -0.2) is 0 Å². The van der Waals surface area contributed by atoms with Crippen molar-refractivity contribution in [3.8, 4) is 0 Å². The fraction of sp³-hybridized carbons (Fsp3) is 0.667. The molecule has 2 rings (SSSR count). The van der Waals surface area contributed by atoms with E-state index in [4.69, 9.17) is 4.74 Å². The van der Waals surface area contributed by atoms with Gasteiger partial charge in [-0.1, -0.05) is 0 Å². The van der Waals surface area contributed by atoms with Crippen LogP contribution in [0.4, 0.5) is 0 Å². The third-order valence-corrected chi connectivity index (χ3v) is 2.89. The Labute approximate surface area is 91.6 Å². The van der Waals surface area contributed by atoms with Crippen LogP contribution >= 0.6 is 0 Å². The molecule has 0 aromatic carbocycles. The van der Waals surface area contributed by atoms with Gasteiger partial charge in [0.25, 0.3) is 0 Å². The van der Waals surface area contributed by atoms with Crippen LogP contribution in [0, 0.1) is 6.92 Å². The smallest absolute Gasteiger partial charge is 0.0594 e. The van der Waals surface area contributed by atoms with Gasteiger partial charge in [0.2, 0.25) is 0 Å². The first-order valence-corrected chi connectivity index (χ1v) is 5.77. The minimum absolute atomic E-state index is 0.905. The zero-order valence-electron chi connectivity index (χ0n) is 9.48. The maximum atomic E-state index is 5.32. The Morgan fingerprint density at radius 2 is 2.07 bits per heavy atom. The Balaban J connectivity index is 1.65. The molecule has 2 heterocycles. The Hall–Kier alpha value is -0.800. The van der Waals surface area contributed by atoms with Crippen molar-refractivity contribution in [3.05, 3.63) is 24.0 Å². The molecule has 0 amide bonds. The van der Waals surface area contributed by atoms with E-state index < -0.39 is 0 Å². The van der Waals surface area contributed by atoms with Crippen molar-refractivity contribution in [2.24, 2.45) is 0 Å². The normalized spacial score (nSPS) is 18.2. The van der Waals surface area contributed by atoms with Crippen LogP contribution in [-0.4, -0.2) is 42.3 Å². The summed E-state index contributed by atoms with van der Waals surface area (Å²) < 4.78 is 7.59. The number of rotatable bonds is 4. The lowest BCUT2D eigenvalue weighted by molar-refractivity contribution is 0.0369. The van der Waals surface area contributed by atoms with Crippen molar-refractivity contribution >= 4 is 0 Å². The lowest BCUT2D eigenvalue weighted by Gasteiger charge is -2.26. The summed E-state index contributed by atoms with van der Waals surface area (Å²) in [6, 6.07) is 2.16. The molecule has 0 bridgehead atoms. The van der Waals surface area contributed by atoms with Crippen LogP contribution in [0.3, 0.4) is 0 Å². The van der Waals surface area contributed by atoms with Gasteiger partial charge >= 0.3 is 0 Å². The Morgan fingerprint density at radius 3 is 2.73 bits per heavy atom. The van der Waals surface area contributed by atoms with Crippen molar-refractivity contribution in [2.45, 2.75) is 19.9 Å². The zero-order chi connectivity index (χ0) is 10.5. The Morgan fingerprint density at radius 1 is 1.27 bits per heavy atom. The van der Waals surface area contributed by atoms with E-state index in [1.54, 1.807) is 0 Å². The summed E-state index contributed by atoms with van der Waals surface area (Å²) in [7, 11) is 0. The fourth-order valence-electron chi connectivity index (χ4n) is 2.00. The zero-order valence-corrected chi connectivity index (χ0v) is 9.48. The largest absolute Gasteiger partial charge is 0.379 e. The third-order valence-electron chi connectivity index (χ3n) is 2.89. The maximum absolute atomic E-state index is 5.32. The predicted molar refractivity (Wildman–Crippen MR) is 61.0 cm³/mol. The van der Waals surface area contributed by atoms with Crippen molar-refractivity contribution in [2.75, 3.05) is 32.8 Å². The van der Waals surface area contributed by atoms with Gasteiger partial charge in [-0.15, -0.1) is 0 Å². The lowest BCUT2D eigenvalue weighted by atomic mass is 10.3. The summed E-state index contributed by atoms with van der Waals surface area (Å²) in [6.07, 6.45) is 5.60. The molecule has 0 atom stereocenters. The molecule has 3 nitrogen and oxygen atoms in total. The number of morpholine rings is 1. The quantitative estimate of drug-likeness (QED) is 0.746. The van der Waals surface area contributed by atoms with Crippen LogP contribution in [0.25, 0.3) is 0 Å². The first-order chi connectivity index (χ1) is 7.34. The second kappa shape index (κ2) is 5.33. The van der Waals surface area contributed by atoms with Crippen molar-refractivity contribution in [1.82, 2.24) is 9.47 Å². The number of aromatic nitrogens is 1. The van der Waals surface area contributed by atoms with Gasteiger partial charge in [-0.05, 0) is 25.0 Å². The number of nitrogens with zero attached hydrogens (tertiary/aromatic N) is 2. The summed E-state index contributed by atoms with van der Waals surface area (Å²) in [5.41, 5.74) is 1.35. The minimum Gasteiger partial charge on any atom is -0.379 e. The lowest BCUT2D eigenvalue weighted by Crippen LogP contribution is -2.37. The van der Waals surface area contributed by atoms with E-state index >= 15 is 0 Å². The molecule has 3 heteroatoms. The topological polar surface area (TPSA) is 17.4 Å². The molecule has 0 spiro atoms. The van der Waals surface area contributed by atoms with Crippen LogP contribution < -0.4 is 0 Å². The monoisotopic (exact) mass is 208 g/mol. The maximum Gasteiger partial charge on any atom is 0.0594 e. The van der Waals surface area contributed by atoms with Crippen LogP contribution in [0.5, 0.6) is 0 Å². The van der Waals surface area contributed by atoms with Gasteiger partial charge in [0.15, 0.2) is 0 Å². The van der Waals surface area contributed by atoms with E-state index in [-0.39, 0.29) is 0 Å². The van der Waals surface area contributed by atoms with E-state index in [0.717, 1.165) is 32.8 Å². The first-order valence-electron chi connectivity index (χ1n) is 5.77. The van der Waals surface area contributed by atoms with Crippen molar-refractivity contribution in [3.63, 3.8) is 0 Å². The SMILES string of the molecule is Cc1ccn(CCCN2CCOCC2)c1. The molecule has 1 fully saturated rings. The summed E-state index contributed by atoms with van der Waals surface area (Å²) in [5, 5.41) is 0. The second-order valence-electron chi connectivity index (χ2n) is 4.23. The number of ether oxygens (including phenoxy) is 1. The van der Waals surface area contributed by atoms with Gasteiger partial charge in [0.1, 0.15) is 0 Å². The Kier molecular flexibility index (Phi) is 3.80. The van der Waals surface area contributed by atoms with Gasteiger partial charge in [0, 0.05) is 38.6 Å². The number of aryl methyl sites for hydroxylation is 2. The highest BCUT2D eigenvalue weighted by molar-refractivity contribution is 5.06. The van der Waals surface area contributed by atoms with E-state index in [1.165, 1.54) is 18.5 Å². The first kappa shape index (κ1) is 10.7. The molecule has 0 radical (unpaired) electrons. The second-order valence-corrected chi connectivity index (χ2v) is 4.23. The van der Waals surface area contributed by atoms with Crippen molar-refractivity contribution in [1.29, 1.82) is 0 Å². The molecule has 1 saturated heterocycles. The molecule has 1 aliphatic heterocycles. The molecule has 1 aromatic rings. The van der Waals surface area contributed by atoms with E-state index in [2.05, 4.69) is 34.9 Å². The fourth-order valence-corrected chi connectivity index (χ4v) is 2.00. The average Bonchev–Trinajstić information content (AvgIpc) is 2.66. The molecular formula is C12H20N2O. The number of hydrogen-bond acceptors (Lipinski definition) is 2. The molecule has 1 aromatic heterocycles. The molecule has 1 aliphatic rings. The van der Waals surface area contributed by atoms with Crippen LogP contribution in [0.2, 0.25) is 0 Å². The van der Waals surface area contributed by atoms with E-state index in [9.17, 15) is 0 Å². The molecular weight excluding hydrogens is 188 g/mol. The molecule has 15 heavy (non-hydrogen) atoms. The molecule has 84 valence electrons. The van der Waals surface area contributed by atoms with E-state index in [0.29, 0.717) is 0 Å². The van der Waals surface area contributed by atoms with Crippen LogP contribution in [-0.2, 0) is 11.3 Å². The third kappa shape index (κ3) is 3.36. The Bertz CT molecular complexity index is 290. The highest BCUT2D eigenvalue weighted by Gasteiger charge is 2.08. The van der Waals surface area contributed by atoms with Gasteiger partial charge in [-0.2, -0.15) is 0 Å². The number of hydrogen-bond donors (Lipinski definition) is 0. The summed E-state index contributed by atoms with van der Waals surface area (Å²) in [4.78, 5) is 2.49. The summed E-state index contributed by atoms with van der Waals surface area (Å²) >= 11 is 0. The van der Waals surface area contributed by atoms with Crippen molar-refractivity contribution < 1.29 is 4.74 Å². The van der Waals surface area contributed by atoms with Gasteiger partial charge in [0.05, 0.1) is 13.2 Å². The summed E-state index contributed by atoms with van der Waals surface area (Å²) in [5.74, 6) is 0. The molecule has 0 saturated carbocycles.